The molecule has 8 heteroatoms. The Bertz CT molecular complexity index is 738. The van der Waals surface area contributed by atoms with Crippen LogP contribution in [0.2, 0.25) is 0 Å². The third-order valence-corrected chi connectivity index (χ3v) is 6.81. The molecule has 1 unspecified atom stereocenters. The third kappa shape index (κ3) is 2.00. The second kappa shape index (κ2) is 4.24. The normalized spacial score (nSPS) is 29.0. The highest BCUT2D eigenvalue weighted by Crippen LogP contribution is 2.55. The van der Waals surface area contributed by atoms with Crippen LogP contribution >= 0.6 is 0 Å². The summed E-state index contributed by atoms with van der Waals surface area (Å²) >= 11 is 0. The average molecular weight is 329 g/mol. The predicted octanol–water partition coefficient (Wildman–Crippen LogP) is 1.11. The molecule has 1 saturated carbocycles. The summed E-state index contributed by atoms with van der Waals surface area (Å²) in [6.07, 6.45) is -0.201. The maximum Gasteiger partial charge on any atom is 0.257 e. The molecule has 0 aromatic carbocycles. The molecule has 3 aliphatic rings. The Morgan fingerprint density at radius 3 is 2.41 bits per heavy atom. The van der Waals surface area contributed by atoms with E-state index >= 15 is 0 Å². The molecule has 2 saturated heterocycles. The van der Waals surface area contributed by atoms with Gasteiger partial charge in [-0.15, -0.1) is 0 Å². The van der Waals surface area contributed by atoms with E-state index in [4.69, 9.17) is 0 Å². The summed E-state index contributed by atoms with van der Waals surface area (Å²) in [5.41, 5.74) is 0.683. The summed E-state index contributed by atoms with van der Waals surface area (Å²) in [5.74, 6) is -3.56. The number of nitrogens with zero attached hydrogens (tertiary/aromatic N) is 2. The van der Waals surface area contributed by atoms with E-state index in [0.29, 0.717) is 18.8 Å². The van der Waals surface area contributed by atoms with Crippen LogP contribution in [-0.2, 0) is 10.0 Å². The largest absolute Gasteiger partial charge is 0.315 e. The predicted molar refractivity (Wildman–Crippen MR) is 75.3 cm³/mol. The minimum Gasteiger partial charge on any atom is -0.315 e. The van der Waals surface area contributed by atoms with Crippen molar-refractivity contribution in [2.24, 2.45) is 5.41 Å². The molecule has 0 bridgehead atoms. The summed E-state index contributed by atoms with van der Waals surface area (Å²) in [7, 11) is -3.58. The molecule has 1 aromatic rings. The van der Waals surface area contributed by atoms with Gasteiger partial charge in [-0.3, -0.25) is 4.98 Å². The molecule has 5 nitrogen and oxygen atoms in total. The van der Waals surface area contributed by atoms with Gasteiger partial charge in [-0.25, -0.2) is 17.2 Å². The Balaban J connectivity index is 1.57. The van der Waals surface area contributed by atoms with Gasteiger partial charge in [0.1, 0.15) is 4.90 Å². The van der Waals surface area contributed by atoms with E-state index in [0.717, 1.165) is 13.1 Å². The molecule has 1 aliphatic carbocycles. The quantitative estimate of drug-likeness (QED) is 0.902. The number of alkyl halides is 2. The topological polar surface area (TPSA) is 62.3 Å². The van der Waals surface area contributed by atoms with E-state index in [1.165, 1.54) is 16.4 Å². The molecule has 0 amide bonds. The van der Waals surface area contributed by atoms with Crippen LogP contribution < -0.4 is 5.32 Å². The Labute approximate surface area is 127 Å². The molecule has 1 aromatic heterocycles. The zero-order valence-corrected chi connectivity index (χ0v) is 13.0. The molecule has 1 atom stereocenters. The van der Waals surface area contributed by atoms with E-state index in [2.05, 4.69) is 10.3 Å². The summed E-state index contributed by atoms with van der Waals surface area (Å²) < 4.78 is 52.9. The van der Waals surface area contributed by atoms with Crippen LogP contribution in [0.1, 0.15) is 23.7 Å². The van der Waals surface area contributed by atoms with Gasteiger partial charge < -0.3 is 5.32 Å². The molecule has 120 valence electrons. The lowest BCUT2D eigenvalue weighted by Crippen LogP contribution is -2.71. The van der Waals surface area contributed by atoms with Crippen molar-refractivity contribution < 1.29 is 17.2 Å². The van der Waals surface area contributed by atoms with Gasteiger partial charge in [0.25, 0.3) is 5.92 Å². The van der Waals surface area contributed by atoms with Gasteiger partial charge in [0.2, 0.25) is 10.0 Å². The monoisotopic (exact) mass is 329 g/mol. The lowest BCUT2D eigenvalue weighted by atomic mass is 9.76. The van der Waals surface area contributed by atoms with E-state index < -0.39 is 21.9 Å². The smallest absolute Gasteiger partial charge is 0.257 e. The molecule has 3 heterocycles. The first-order chi connectivity index (χ1) is 10.2. The van der Waals surface area contributed by atoms with Gasteiger partial charge in [-0.05, 0) is 19.1 Å². The van der Waals surface area contributed by atoms with Gasteiger partial charge in [-0.2, -0.15) is 4.31 Å². The second-order valence-electron chi connectivity index (χ2n) is 6.71. The zero-order chi connectivity index (χ0) is 15.8. The molecule has 0 radical (unpaired) electrons. The van der Waals surface area contributed by atoms with Gasteiger partial charge in [0, 0.05) is 38.0 Å². The second-order valence-corrected chi connectivity index (χ2v) is 8.62. The standard InChI is InChI=1S/C14H17F2N3O2S/c1-9-12(3-2-11(18-9)10-4-14(10,15)16)22(20,21)19-7-13(8-19)5-17-6-13/h2-3,10,17H,4-8H2,1H3. The Morgan fingerprint density at radius 1 is 1.32 bits per heavy atom. The van der Waals surface area contributed by atoms with Crippen molar-refractivity contribution in [2.45, 2.75) is 30.1 Å². The zero-order valence-electron chi connectivity index (χ0n) is 12.1. The number of hydrogen-bond acceptors (Lipinski definition) is 4. The van der Waals surface area contributed by atoms with Crippen LogP contribution in [0.25, 0.3) is 0 Å². The van der Waals surface area contributed by atoms with Gasteiger partial charge in [0.15, 0.2) is 0 Å². The molecule has 1 N–H and O–H groups in total. The van der Waals surface area contributed by atoms with Crippen LogP contribution in [0.5, 0.6) is 0 Å². The van der Waals surface area contributed by atoms with E-state index in [1.54, 1.807) is 6.92 Å². The minimum atomic E-state index is -3.58. The van der Waals surface area contributed by atoms with Crippen LogP contribution in [-0.4, -0.2) is 49.8 Å². The van der Waals surface area contributed by atoms with E-state index in [1.807, 2.05) is 0 Å². The van der Waals surface area contributed by atoms with Crippen LogP contribution in [0.4, 0.5) is 8.78 Å². The van der Waals surface area contributed by atoms with Crippen molar-refractivity contribution in [1.29, 1.82) is 0 Å². The molecular formula is C14H17F2N3O2S. The van der Waals surface area contributed by atoms with Crippen molar-refractivity contribution in [3.8, 4) is 0 Å². The van der Waals surface area contributed by atoms with Crippen molar-refractivity contribution in [2.75, 3.05) is 26.2 Å². The lowest BCUT2D eigenvalue weighted by molar-refractivity contribution is 0.0164. The molecule has 4 rings (SSSR count). The first-order valence-corrected chi connectivity index (χ1v) is 8.74. The van der Waals surface area contributed by atoms with Crippen molar-refractivity contribution in [1.82, 2.24) is 14.6 Å². The lowest BCUT2D eigenvalue weighted by Gasteiger charge is -2.55. The van der Waals surface area contributed by atoms with Gasteiger partial charge >= 0.3 is 0 Å². The van der Waals surface area contributed by atoms with Crippen LogP contribution in [0.15, 0.2) is 17.0 Å². The SMILES string of the molecule is Cc1nc(C2CC2(F)F)ccc1S(=O)(=O)N1CC2(CNC2)C1. The molecule has 3 fully saturated rings. The Hall–Kier alpha value is -1.12. The maximum atomic E-state index is 13.1. The molecule has 22 heavy (non-hydrogen) atoms. The third-order valence-electron chi connectivity index (χ3n) is 4.88. The van der Waals surface area contributed by atoms with Crippen molar-refractivity contribution in [3.63, 3.8) is 0 Å². The number of aromatic nitrogens is 1. The number of halogens is 2. The highest BCUT2D eigenvalue weighted by atomic mass is 32.2. The Kier molecular flexibility index (Phi) is 2.79. The fourth-order valence-electron chi connectivity index (χ4n) is 3.28. The van der Waals surface area contributed by atoms with Crippen LogP contribution in [0.3, 0.4) is 0 Å². The number of rotatable bonds is 3. The average Bonchev–Trinajstić information content (AvgIpc) is 2.94. The summed E-state index contributed by atoms with van der Waals surface area (Å²) in [6.45, 7) is 4.31. The fraction of sp³-hybridized carbons (Fsp3) is 0.643. The summed E-state index contributed by atoms with van der Waals surface area (Å²) in [5, 5.41) is 3.16. The van der Waals surface area contributed by atoms with Crippen LogP contribution in [0, 0.1) is 12.3 Å². The highest BCUT2D eigenvalue weighted by Gasteiger charge is 2.58. The van der Waals surface area contributed by atoms with Crippen molar-refractivity contribution in [3.05, 3.63) is 23.5 Å². The first-order valence-electron chi connectivity index (χ1n) is 7.30. The minimum absolute atomic E-state index is 0.102. The molecular weight excluding hydrogens is 312 g/mol. The van der Waals surface area contributed by atoms with E-state index in [9.17, 15) is 17.2 Å². The van der Waals surface area contributed by atoms with Crippen molar-refractivity contribution >= 4 is 10.0 Å². The number of nitrogens with one attached hydrogen (secondary N) is 1. The Morgan fingerprint density at radius 2 is 1.95 bits per heavy atom. The first kappa shape index (κ1) is 14.5. The van der Waals surface area contributed by atoms with Gasteiger partial charge in [0.05, 0.1) is 17.3 Å². The highest BCUT2D eigenvalue weighted by molar-refractivity contribution is 7.89. The van der Waals surface area contributed by atoms with Gasteiger partial charge in [-0.1, -0.05) is 0 Å². The molecule has 2 aliphatic heterocycles. The maximum absolute atomic E-state index is 13.1. The number of hydrogen-bond donors (Lipinski definition) is 1. The van der Waals surface area contributed by atoms with E-state index in [-0.39, 0.29) is 22.4 Å². The number of aryl methyl sites for hydroxylation is 1. The number of sulfonamides is 1. The summed E-state index contributed by atoms with van der Waals surface area (Å²) in [6, 6.07) is 2.84. The fourth-order valence-corrected chi connectivity index (χ4v) is 5.11. The number of pyridine rings is 1. The summed E-state index contributed by atoms with van der Waals surface area (Å²) in [4.78, 5) is 4.24. The molecule has 1 spiro atoms.